The Morgan fingerprint density at radius 1 is 1.19 bits per heavy atom. The molecule has 3 heteroatoms. The van der Waals surface area contributed by atoms with Crippen molar-refractivity contribution in [1.82, 2.24) is 0 Å². The molecule has 0 bridgehead atoms. The van der Waals surface area contributed by atoms with Crippen molar-refractivity contribution in [2.24, 2.45) is 0 Å². The molecule has 0 aliphatic heterocycles. The largest absolute Gasteiger partial charge is 3.00 e. The maximum Gasteiger partial charge on any atom is 3.00 e. The second-order valence-electron chi connectivity index (χ2n) is 3.60. The van der Waals surface area contributed by atoms with Crippen LogP contribution in [0.15, 0.2) is 30.4 Å². The van der Waals surface area contributed by atoms with E-state index in [2.05, 4.69) is 18.7 Å². The molecule has 0 fully saturated rings. The van der Waals surface area contributed by atoms with Gasteiger partial charge in [-0.2, -0.15) is 5.57 Å². The van der Waals surface area contributed by atoms with Crippen molar-refractivity contribution in [1.29, 1.82) is 0 Å². The standard InChI is InChI=1S/C13H19.2ClH.Zr/c1-2-3-4-5-6-7-10-13-11-8-9-12-13;;;/h2,8-9H,1,3-7,10-11H2;2*1H;/q-1;;;+3/p-2. The average molecular weight is 337 g/mol. The second-order valence-corrected chi connectivity index (χ2v) is 3.60. The predicted octanol–water partition coefficient (Wildman–Crippen LogP) is -1.79. The van der Waals surface area contributed by atoms with Crippen molar-refractivity contribution in [3.63, 3.8) is 0 Å². The first-order valence-corrected chi connectivity index (χ1v) is 5.30. The third-order valence-corrected chi connectivity index (χ3v) is 2.41. The van der Waals surface area contributed by atoms with Gasteiger partial charge in [-0.3, -0.25) is 6.08 Å². The first-order chi connectivity index (χ1) is 6.43. The third kappa shape index (κ3) is 11.2. The molecule has 0 aromatic heterocycles. The quantitative estimate of drug-likeness (QED) is 0.292. The first-order valence-electron chi connectivity index (χ1n) is 5.30. The van der Waals surface area contributed by atoms with Crippen LogP contribution in [-0.4, -0.2) is 0 Å². The van der Waals surface area contributed by atoms with Crippen LogP contribution in [0.2, 0.25) is 0 Å². The van der Waals surface area contributed by atoms with E-state index in [1.54, 1.807) is 0 Å². The summed E-state index contributed by atoms with van der Waals surface area (Å²) in [6.07, 6.45) is 18.5. The molecule has 0 amide bonds. The van der Waals surface area contributed by atoms with Gasteiger partial charge in [0.2, 0.25) is 0 Å². The van der Waals surface area contributed by atoms with E-state index in [-0.39, 0.29) is 51.0 Å². The summed E-state index contributed by atoms with van der Waals surface area (Å²) in [5.41, 5.74) is 1.49. The zero-order valence-corrected chi connectivity index (χ0v) is 13.6. The van der Waals surface area contributed by atoms with Gasteiger partial charge in [0.15, 0.2) is 0 Å². The molecular formula is C13H19Cl2Zr. The molecule has 0 aromatic rings. The van der Waals surface area contributed by atoms with Gasteiger partial charge in [0.1, 0.15) is 0 Å². The molecule has 89 valence electrons. The van der Waals surface area contributed by atoms with Crippen molar-refractivity contribution in [2.75, 3.05) is 0 Å². The van der Waals surface area contributed by atoms with Crippen LogP contribution >= 0.6 is 0 Å². The van der Waals surface area contributed by atoms with Crippen molar-refractivity contribution in [2.45, 2.75) is 44.9 Å². The van der Waals surface area contributed by atoms with Crippen LogP contribution < -0.4 is 24.8 Å². The molecule has 0 heterocycles. The van der Waals surface area contributed by atoms with Gasteiger partial charge < -0.3 is 24.8 Å². The van der Waals surface area contributed by atoms with E-state index in [0.29, 0.717) is 0 Å². The minimum absolute atomic E-state index is 0. The van der Waals surface area contributed by atoms with E-state index >= 15 is 0 Å². The number of allylic oxidation sites excluding steroid dienone is 5. The van der Waals surface area contributed by atoms with Crippen LogP contribution in [0.25, 0.3) is 0 Å². The smallest absolute Gasteiger partial charge is 1.00 e. The number of hydrogen-bond acceptors (Lipinski definition) is 0. The summed E-state index contributed by atoms with van der Waals surface area (Å²) in [6.45, 7) is 3.72. The summed E-state index contributed by atoms with van der Waals surface area (Å²) in [6, 6.07) is 0. The Hall–Kier alpha value is 0.683. The Balaban J connectivity index is -0.000000563. The fourth-order valence-corrected chi connectivity index (χ4v) is 1.59. The molecule has 0 spiro atoms. The molecule has 0 nitrogen and oxygen atoms in total. The van der Waals surface area contributed by atoms with Crippen LogP contribution in [0.3, 0.4) is 0 Å². The number of halogens is 2. The van der Waals surface area contributed by atoms with E-state index in [1.165, 1.54) is 44.1 Å². The van der Waals surface area contributed by atoms with E-state index < -0.39 is 0 Å². The average Bonchev–Trinajstić information content (AvgIpc) is 2.63. The van der Waals surface area contributed by atoms with Gasteiger partial charge >= 0.3 is 26.2 Å². The summed E-state index contributed by atoms with van der Waals surface area (Å²) in [4.78, 5) is 0. The van der Waals surface area contributed by atoms with Crippen LogP contribution in [0, 0.1) is 6.08 Å². The number of unbranched alkanes of at least 4 members (excludes halogenated alkanes) is 4. The van der Waals surface area contributed by atoms with Gasteiger partial charge in [-0.05, 0) is 12.8 Å². The first kappa shape index (κ1) is 21.9. The zero-order chi connectivity index (χ0) is 9.36. The molecule has 0 unspecified atom stereocenters. The molecule has 0 saturated heterocycles. The normalized spacial score (nSPS) is 11.9. The van der Waals surface area contributed by atoms with Gasteiger partial charge in [0, 0.05) is 0 Å². The summed E-state index contributed by atoms with van der Waals surface area (Å²) in [5, 5.41) is 0. The summed E-state index contributed by atoms with van der Waals surface area (Å²) >= 11 is 0. The minimum Gasteiger partial charge on any atom is -1.00 e. The molecule has 0 saturated carbocycles. The van der Waals surface area contributed by atoms with E-state index in [0.717, 1.165) is 6.42 Å². The van der Waals surface area contributed by atoms with Crippen LogP contribution in [-0.2, 0) is 26.2 Å². The van der Waals surface area contributed by atoms with Crippen LogP contribution in [0.1, 0.15) is 44.9 Å². The molecule has 0 atom stereocenters. The minimum atomic E-state index is 0. The van der Waals surface area contributed by atoms with Crippen molar-refractivity contribution in [3.05, 3.63) is 36.5 Å². The topological polar surface area (TPSA) is 0 Å². The second kappa shape index (κ2) is 15.7. The fraction of sp³-hybridized carbons (Fsp3) is 0.538. The Morgan fingerprint density at radius 3 is 2.44 bits per heavy atom. The monoisotopic (exact) mass is 335 g/mol. The molecule has 1 radical (unpaired) electrons. The van der Waals surface area contributed by atoms with Gasteiger partial charge in [-0.15, -0.1) is 6.58 Å². The van der Waals surface area contributed by atoms with Gasteiger partial charge in [-0.1, -0.05) is 38.2 Å². The summed E-state index contributed by atoms with van der Waals surface area (Å²) in [7, 11) is 0. The molecular weight excluding hydrogens is 318 g/mol. The Labute approximate surface area is 132 Å². The molecule has 1 rings (SSSR count). The zero-order valence-electron chi connectivity index (χ0n) is 9.64. The van der Waals surface area contributed by atoms with Gasteiger partial charge in [0.25, 0.3) is 0 Å². The van der Waals surface area contributed by atoms with E-state index in [4.69, 9.17) is 0 Å². The van der Waals surface area contributed by atoms with E-state index in [1.807, 2.05) is 12.2 Å². The summed E-state index contributed by atoms with van der Waals surface area (Å²) in [5.74, 6) is 0. The Kier molecular flexibility index (Phi) is 21.5. The molecule has 0 aromatic carbocycles. The predicted molar refractivity (Wildman–Crippen MR) is 58.4 cm³/mol. The molecule has 1 aliphatic carbocycles. The summed E-state index contributed by atoms with van der Waals surface area (Å²) < 4.78 is 0. The number of rotatable bonds is 7. The third-order valence-electron chi connectivity index (χ3n) is 2.41. The Morgan fingerprint density at radius 2 is 1.88 bits per heavy atom. The maximum atomic E-state index is 3.72. The molecule has 0 N–H and O–H groups in total. The van der Waals surface area contributed by atoms with E-state index in [9.17, 15) is 0 Å². The maximum absolute atomic E-state index is 3.72. The fourth-order valence-electron chi connectivity index (χ4n) is 1.59. The molecule has 16 heavy (non-hydrogen) atoms. The van der Waals surface area contributed by atoms with Crippen molar-refractivity contribution >= 4 is 0 Å². The van der Waals surface area contributed by atoms with Crippen LogP contribution in [0.5, 0.6) is 0 Å². The van der Waals surface area contributed by atoms with Gasteiger partial charge in [-0.25, -0.2) is 12.2 Å². The number of hydrogen-bond donors (Lipinski definition) is 0. The SMILES string of the molecule is C=CCCCCCCC1=[C-]C=CC1.[Cl-].[Cl-].[Zr+3]. The van der Waals surface area contributed by atoms with Crippen LogP contribution in [0.4, 0.5) is 0 Å². The van der Waals surface area contributed by atoms with Crippen molar-refractivity contribution < 1.29 is 51.0 Å². The molecule has 1 aliphatic rings. The van der Waals surface area contributed by atoms with Crippen molar-refractivity contribution in [3.8, 4) is 0 Å². The van der Waals surface area contributed by atoms with Gasteiger partial charge in [0.05, 0.1) is 0 Å². The Bertz CT molecular complexity index is 210.